The molecule has 1 aromatic carbocycles. The normalized spacial score (nSPS) is 16.3. The van der Waals surface area contributed by atoms with E-state index in [9.17, 15) is 13.6 Å². The van der Waals surface area contributed by atoms with Crippen LogP contribution in [-0.2, 0) is 0 Å². The summed E-state index contributed by atoms with van der Waals surface area (Å²) in [6, 6.07) is 4.00. The highest BCUT2D eigenvalue weighted by molar-refractivity contribution is 6.31. The van der Waals surface area contributed by atoms with E-state index in [1.54, 1.807) is 4.90 Å². The second-order valence-corrected chi connectivity index (χ2v) is 5.37. The fraction of sp³-hybridized carbons (Fsp3) is 0.500. The van der Waals surface area contributed by atoms with Crippen molar-refractivity contribution in [3.8, 4) is 5.75 Å². The van der Waals surface area contributed by atoms with Crippen LogP contribution in [0, 0.1) is 5.92 Å². The summed E-state index contributed by atoms with van der Waals surface area (Å²) in [7, 11) is 0. The Bertz CT molecular complexity index is 505. The highest BCUT2D eigenvalue weighted by atomic mass is 35.5. The smallest absolute Gasteiger partial charge is 0.387 e. The van der Waals surface area contributed by atoms with Gasteiger partial charge < -0.3 is 14.7 Å². The number of carbonyl (C=O) groups excluding carboxylic acids is 1. The molecule has 1 aliphatic heterocycles. The zero-order valence-corrected chi connectivity index (χ0v) is 12.0. The van der Waals surface area contributed by atoms with Crippen LogP contribution in [0.25, 0.3) is 0 Å². The molecule has 1 amide bonds. The lowest BCUT2D eigenvalue weighted by Crippen LogP contribution is -2.39. The summed E-state index contributed by atoms with van der Waals surface area (Å²) in [5.74, 6) is -0.376. The van der Waals surface area contributed by atoms with Gasteiger partial charge in [0, 0.05) is 24.7 Å². The van der Waals surface area contributed by atoms with Crippen molar-refractivity contribution in [2.45, 2.75) is 19.5 Å². The zero-order valence-electron chi connectivity index (χ0n) is 11.3. The predicted molar refractivity (Wildman–Crippen MR) is 73.8 cm³/mol. The third-order valence-electron chi connectivity index (χ3n) is 3.55. The summed E-state index contributed by atoms with van der Waals surface area (Å²) in [4.78, 5) is 14.0. The maximum atomic E-state index is 12.4. The van der Waals surface area contributed by atoms with E-state index in [-0.39, 0.29) is 34.8 Å². The zero-order chi connectivity index (χ0) is 15.4. The van der Waals surface area contributed by atoms with Gasteiger partial charge in [-0.3, -0.25) is 4.79 Å². The fourth-order valence-corrected chi connectivity index (χ4v) is 2.53. The average Bonchev–Trinajstić information content (AvgIpc) is 2.48. The molecule has 0 bridgehead atoms. The number of carbonyl (C=O) groups is 1. The first kappa shape index (κ1) is 16.0. The van der Waals surface area contributed by atoms with Crippen molar-refractivity contribution in [1.82, 2.24) is 4.90 Å². The Kier molecular flexibility index (Phi) is 5.36. The number of likely N-dealkylation sites (tertiary alicyclic amines) is 1. The number of nitrogens with zero attached hydrogens (tertiary/aromatic N) is 1. The molecule has 1 N–H and O–H groups in total. The molecule has 1 heterocycles. The molecule has 1 fully saturated rings. The predicted octanol–water partition coefficient (Wildman–Crippen LogP) is 2.79. The molecule has 116 valence electrons. The van der Waals surface area contributed by atoms with E-state index >= 15 is 0 Å². The molecule has 1 aromatic rings. The molecule has 0 radical (unpaired) electrons. The molecule has 0 spiro atoms. The van der Waals surface area contributed by atoms with Crippen LogP contribution in [-0.4, -0.2) is 42.2 Å². The largest absolute Gasteiger partial charge is 0.434 e. The van der Waals surface area contributed by atoms with Crippen LogP contribution in [0.2, 0.25) is 5.02 Å². The molecule has 21 heavy (non-hydrogen) atoms. The average molecular weight is 320 g/mol. The third-order valence-corrected chi connectivity index (χ3v) is 3.78. The maximum Gasteiger partial charge on any atom is 0.387 e. The highest BCUT2D eigenvalue weighted by Crippen LogP contribution is 2.27. The first-order chi connectivity index (χ1) is 10.0. The number of hydrogen-bond acceptors (Lipinski definition) is 3. The van der Waals surface area contributed by atoms with Gasteiger partial charge in [0.2, 0.25) is 0 Å². The third kappa shape index (κ3) is 4.04. The molecular formula is C14H16ClF2NO3. The lowest BCUT2D eigenvalue weighted by Gasteiger charge is -2.31. The SMILES string of the molecule is O=C(c1cc(Cl)ccc1OC(F)F)N1CCC(CO)CC1. The van der Waals surface area contributed by atoms with E-state index < -0.39 is 6.61 Å². The molecule has 0 atom stereocenters. The molecule has 7 heteroatoms. The van der Waals surface area contributed by atoms with Crippen molar-refractivity contribution >= 4 is 17.5 Å². The Morgan fingerprint density at radius 3 is 2.67 bits per heavy atom. The van der Waals surface area contributed by atoms with Gasteiger partial charge in [-0.2, -0.15) is 8.78 Å². The number of piperidine rings is 1. The standard InChI is InChI=1S/C14H16ClF2NO3/c15-10-1-2-12(21-14(16)17)11(7-10)13(20)18-5-3-9(8-19)4-6-18/h1-2,7,9,14,19H,3-6,8H2. The number of halogens is 3. The lowest BCUT2D eigenvalue weighted by atomic mass is 9.97. The minimum absolute atomic E-state index is 0.0326. The number of ether oxygens (including phenoxy) is 1. The van der Waals surface area contributed by atoms with Gasteiger partial charge in [-0.15, -0.1) is 0 Å². The van der Waals surface area contributed by atoms with Crippen LogP contribution in [0.3, 0.4) is 0 Å². The Hall–Kier alpha value is -1.40. The van der Waals surface area contributed by atoms with Crippen LogP contribution < -0.4 is 4.74 Å². The van der Waals surface area contributed by atoms with E-state index in [2.05, 4.69) is 4.74 Å². The summed E-state index contributed by atoms with van der Waals surface area (Å²) < 4.78 is 29.2. The van der Waals surface area contributed by atoms with Crippen molar-refractivity contribution in [1.29, 1.82) is 0 Å². The molecule has 1 aliphatic rings. The first-order valence-corrected chi connectivity index (χ1v) is 7.03. The van der Waals surface area contributed by atoms with Gasteiger partial charge in [-0.05, 0) is 37.0 Å². The van der Waals surface area contributed by atoms with Gasteiger partial charge in [0.15, 0.2) is 0 Å². The van der Waals surface area contributed by atoms with Gasteiger partial charge >= 0.3 is 6.61 Å². The van der Waals surface area contributed by atoms with E-state index in [4.69, 9.17) is 16.7 Å². The minimum Gasteiger partial charge on any atom is -0.434 e. The number of aliphatic hydroxyl groups excluding tert-OH is 1. The van der Waals surface area contributed by atoms with Gasteiger partial charge in [-0.1, -0.05) is 11.6 Å². The van der Waals surface area contributed by atoms with E-state index in [1.807, 2.05) is 0 Å². The number of aliphatic hydroxyl groups is 1. The maximum absolute atomic E-state index is 12.4. The molecule has 1 saturated heterocycles. The van der Waals surface area contributed by atoms with Crippen LogP contribution >= 0.6 is 11.6 Å². The fourth-order valence-electron chi connectivity index (χ4n) is 2.36. The lowest BCUT2D eigenvalue weighted by molar-refractivity contribution is -0.0503. The Balaban J connectivity index is 2.16. The van der Waals surface area contributed by atoms with Crippen LogP contribution in [0.4, 0.5) is 8.78 Å². The van der Waals surface area contributed by atoms with Crippen molar-refractivity contribution in [2.24, 2.45) is 5.92 Å². The molecule has 0 aliphatic carbocycles. The van der Waals surface area contributed by atoms with Crippen LogP contribution in [0.1, 0.15) is 23.2 Å². The molecule has 4 nitrogen and oxygen atoms in total. The van der Waals surface area contributed by atoms with Gasteiger partial charge in [0.05, 0.1) is 5.56 Å². The summed E-state index contributed by atoms with van der Waals surface area (Å²) in [6.45, 7) is -1.95. The quantitative estimate of drug-likeness (QED) is 0.928. The van der Waals surface area contributed by atoms with Crippen molar-refractivity contribution in [3.63, 3.8) is 0 Å². The second kappa shape index (κ2) is 7.04. The molecule has 2 rings (SSSR count). The van der Waals surface area contributed by atoms with Crippen molar-refractivity contribution in [3.05, 3.63) is 28.8 Å². The minimum atomic E-state index is -3.00. The Morgan fingerprint density at radius 2 is 2.10 bits per heavy atom. The summed E-state index contributed by atoms with van der Waals surface area (Å²) in [5, 5.41) is 9.37. The summed E-state index contributed by atoms with van der Waals surface area (Å²) >= 11 is 5.84. The Labute approximate surface area is 126 Å². The Morgan fingerprint density at radius 1 is 1.43 bits per heavy atom. The first-order valence-electron chi connectivity index (χ1n) is 6.65. The number of amides is 1. The second-order valence-electron chi connectivity index (χ2n) is 4.94. The summed E-state index contributed by atoms with van der Waals surface area (Å²) in [5.41, 5.74) is 0.0326. The van der Waals surface area contributed by atoms with E-state index in [1.165, 1.54) is 18.2 Å². The number of benzene rings is 1. The van der Waals surface area contributed by atoms with E-state index in [0.29, 0.717) is 25.9 Å². The molecule has 0 aromatic heterocycles. The van der Waals surface area contributed by atoms with Gasteiger partial charge in [-0.25, -0.2) is 0 Å². The topological polar surface area (TPSA) is 49.8 Å². The number of hydrogen-bond donors (Lipinski definition) is 1. The molecular weight excluding hydrogens is 304 g/mol. The highest BCUT2D eigenvalue weighted by Gasteiger charge is 2.26. The number of rotatable bonds is 4. The van der Waals surface area contributed by atoms with Crippen LogP contribution in [0.15, 0.2) is 18.2 Å². The number of alkyl halides is 2. The van der Waals surface area contributed by atoms with E-state index in [0.717, 1.165) is 0 Å². The monoisotopic (exact) mass is 319 g/mol. The summed E-state index contributed by atoms with van der Waals surface area (Å²) in [6.07, 6.45) is 1.38. The van der Waals surface area contributed by atoms with Crippen molar-refractivity contribution < 1.29 is 23.4 Å². The molecule has 0 unspecified atom stereocenters. The van der Waals surface area contributed by atoms with Gasteiger partial charge in [0.25, 0.3) is 5.91 Å². The van der Waals surface area contributed by atoms with Crippen LogP contribution in [0.5, 0.6) is 5.75 Å². The molecule has 0 saturated carbocycles. The van der Waals surface area contributed by atoms with Crippen molar-refractivity contribution in [2.75, 3.05) is 19.7 Å². The van der Waals surface area contributed by atoms with Gasteiger partial charge in [0.1, 0.15) is 5.75 Å².